The van der Waals surface area contributed by atoms with Gasteiger partial charge in [0.05, 0.1) is 12.8 Å². The van der Waals surface area contributed by atoms with Crippen molar-refractivity contribution in [2.75, 3.05) is 10.6 Å². The highest BCUT2D eigenvalue weighted by Crippen LogP contribution is 2.44. The highest BCUT2D eigenvalue weighted by atomic mass is 32.1. The molecule has 3 heterocycles. The largest absolute Gasteiger partial charge is 0.573 e. The molecule has 0 bridgehead atoms. The predicted octanol–water partition coefficient (Wildman–Crippen LogP) is 5.33. The van der Waals surface area contributed by atoms with Crippen LogP contribution >= 0.6 is 11.3 Å². The highest BCUT2D eigenvalue weighted by molar-refractivity contribution is 7.15. The Kier molecular flexibility index (Phi) is 8.53. The molecular formula is C28H25F3N6O3S. The molecular weight excluding hydrogens is 557 g/mol. The first-order chi connectivity index (χ1) is 19.7. The van der Waals surface area contributed by atoms with E-state index in [0.717, 1.165) is 29.8 Å². The minimum absolute atomic E-state index is 0.122. The number of alkyl halides is 3. The van der Waals surface area contributed by atoms with E-state index in [1.54, 1.807) is 36.7 Å². The molecule has 1 aromatic carbocycles. The van der Waals surface area contributed by atoms with Crippen molar-refractivity contribution < 1.29 is 27.5 Å². The van der Waals surface area contributed by atoms with E-state index < -0.39 is 12.3 Å². The monoisotopic (exact) mass is 582 g/mol. The molecule has 0 spiro atoms. The van der Waals surface area contributed by atoms with E-state index in [9.17, 15) is 22.8 Å². The molecule has 0 unspecified atom stereocenters. The molecule has 2 N–H and O–H groups in total. The summed E-state index contributed by atoms with van der Waals surface area (Å²) in [7, 11) is 0. The smallest absolute Gasteiger partial charge is 0.406 e. The second kappa shape index (κ2) is 12.4. The molecule has 13 heteroatoms. The SMILES string of the molecule is O=C(Cc1cccc(OC(F)(F)F)c1)Nc1ccc(CC2CC(c3nnc(NC(=O)Cc4ccccn4)s3)C2)cn1. The van der Waals surface area contributed by atoms with Gasteiger partial charge in [-0.1, -0.05) is 35.6 Å². The second-order valence-corrected chi connectivity index (χ2v) is 10.7. The van der Waals surface area contributed by atoms with E-state index in [1.807, 2.05) is 12.1 Å². The van der Waals surface area contributed by atoms with Crippen LogP contribution in [0.3, 0.4) is 0 Å². The van der Waals surface area contributed by atoms with Crippen molar-refractivity contribution in [3.63, 3.8) is 0 Å². The molecule has 9 nitrogen and oxygen atoms in total. The van der Waals surface area contributed by atoms with Crippen molar-refractivity contribution in [3.8, 4) is 5.75 Å². The number of hydrogen-bond acceptors (Lipinski definition) is 8. The van der Waals surface area contributed by atoms with Crippen LogP contribution in [0, 0.1) is 5.92 Å². The standard InChI is InChI=1S/C28H25F3N6O3S/c29-28(30,31)40-22-6-3-4-17(13-22)14-24(38)34-23-8-7-18(16-33-23)10-19-11-20(12-19)26-36-37-27(41-26)35-25(39)15-21-5-1-2-9-32-21/h1-9,13,16,19-20H,10-12,14-15H2,(H,33,34,38)(H,35,37,39). The first-order valence-corrected chi connectivity index (χ1v) is 13.6. The number of carbonyl (C=O) groups excluding carboxylic acids is 2. The average molecular weight is 583 g/mol. The first kappa shape index (κ1) is 28.1. The van der Waals surface area contributed by atoms with Gasteiger partial charge in [-0.05, 0) is 66.6 Å². The summed E-state index contributed by atoms with van der Waals surface area (Å²) in [5, 5.41) is 15.2. The Balaban J connectivity index is 1.04. The number of nitrogens with one attached hydrogen (secondary N) is 2. The van der Waals surface area contributed by atoms with Crippen LogP contribution in [0.15, 0.2) is 67.0 Å². The number of ether oxygens (including phenoxy) is 1. The zero-order valence-corrected chi connectivity index (χ0v) is 22.4. The fourth-order valence-electron chi connectivity index (χ4n) is 4.56. The third-order valence-corrected chi connectivity index (χ3v) is 7.45. The fraction of sp³-hybridized carbons (Fsp3) is 0.286. The summed E-state index contributed by atoms with van der Waals surface area (Å²) < 4.78 is 41.2. The number of nitrogens with zero attached hydrogens (tertiary/aromatic N) is 4. The van der Waals surface area contributed by atoms with Crippen LogP contribution in [0.1, 0.15) is 40.6 Å². The molecule has 3 aromatic heterocycles. The lowest BCUT2D eigenvalue weighted by molar-refractivity contribution is -0.274. The van der Waals surface area contributed by atoms with Crippen molar-refractivity contribution in [1.29, 1.82) is 0 Å². The predicted molar refractivity (Wildman–Crippen MR) is 145 cm³/mol. The first-order valence-electron chi connectivity index (χ1n) is 12.8. The maximum absolute atomic E-state index is 12.4. The summed E-state index contributed by atoms with van der Waals surface area (Å²) in [6.45, 7) is 0. The Bertz CT molecular complexity index is 1490. The van der Waals surface area contributed by atoms with Crippen LogP contribution in [0.25, 0.3) is 0 Å². The number of anilines is 2. The van der Waals surface area contributed by atoms with Gasteiger partial charge in [0, 0.05) is 24.0 Å². The van der Waals surface area contributed by atoms with Gasteiger partial charge in [0.25, 0.3) is 0 Å². The Morgan fingerprint density at radius 2 is 1.76 bits per heavy atom. The average Bonchev–Trinajstić information content (AvgIpc) is 3.34. The van der Waals surface area contributed by atoms with Gasteiger partial charge in [-0.2, -0.15) is 0 Å². The summed E-state index contributed by atoms with van der Waals surface area (Å²) in [6.07, 6.45) is 1.34. The normalized spacial score (nSPS) is 16.5. The number of hydrogen-bond donors (Lipinski definition) is 2. The minimum Gasteiger partial charge on any atom is -0.406 e. The molecule has 1 aliphatic carbocycles. The summed E-state index contributed by atoms with van der Waals surface area (Å²) >= 11 is 1.39. The van der Waals surface area contributed by atoms with Crippen molar-refractivity contribution in [1.82, 2.24) is 20.2 Å². The lowest BCUT2D eigenvalue weighted by Gasteiger charge is -2.33. The van der Waals surface area contributed by atoms with Crippen LogP contribution in [0.2, 0.25) is 0 Å². The van der Waals surface area contributed by atoms with E-state index in [-0.39, 0.29) is 24.5 Å². The maximum Gasteiger partial charge on any atom is 0.573 e. The van der Waals surface area contributed by atoms with Gasteiger partial charge in [0.2, 0.25) is 16.9 Å². The summed E-state index contributed by atoms with van der Waals surface area (Å²) in [5.41, 5.74) is 2.10. The minimum atomic E-state index is -4.80. The van der Waals surface area contributed by atoms with E-state index in [2.05, 4.69) is 35.5 Å². The van der Waals surface area contributed by atoms with Crippen LogP contribution in [0.5, 0.6) is 5.75 Å². The number of aromatic nitrogens is 4. The summed E-state index contributed by atoms with van der Waals surface area (Å²) in [4.78, 5) is 33.1. The fourth-order valence-corrected chi connectivity index (χ4v) is 5.45. The van der Waals surface area contributed by atoms with Crippen molar-refractivity contribution in [2.45, 2.75) is 44.4 Å². The summed E-state index contributed by atoms with van der Waals surface area (Å²) in [5.74, 6) is 0.151. The second-order valence-electron chi connectivity index (χ2n) is 9.70. The van der Waals surface area contributed by atoms with E-state index in [4.69, 9.17) is 0 Å². The van der Waals surface area contributed by atoms with Crippen LogP contribution in [-0.2, 0) is 28.9 Å². The third kappa shape index (κ3) is 8.30. The van der Waals surface area contributed by atoms with Gasteiger partial charge in [-0.15, -0.1) is 23.4 Å². The Labute approximate surface area is 237 Å². The number of benzene rings is 1. The van der Waals surface area contributed by atoms with Crippen LogP contribution in [-0.4, -0.2) is 38.3 Å². The lowest BCUT2D eigenvalue weighted by Crippen LogP contribution is -2.23. The topological polar surface area (TPSA) is 119 Å². The zero-order chi connectivity index (χ0) is 28.8. The quantitative estimate of drug-likeness (QED) is 0.260. The maximum atomic E-state index is 12.4. The van der Waals surface area contributed by atoms with Crippen LogP contribution in [0.4, 0.5) is 24.1 Å². The van der Waals surface area contributed by atoms with E-state index >= 15 is 0 Å². The van der Waals surface area contributed by atoms with Gasteiger partial charge in [0.1, 0.15) is 16.6 Å². The molecule has 1 aliphatic rings. The van der Waals surface area contributed by atoms with Crippen molar-refractivity contribution in [2.24, 2.45) is 5.92 Å². The molecule has 4 aromatic rings. The molecule has 41 heavy (non-hydrogen) atoms. The molecule has 0 saturated heterocycles. The zero-order valence-electron chi connectivity index (χ0n) is 21.6. The van der Waals surface area contributed by atoms with Crippen molar-refractivity contribution >= 4 is 34.1 Å². The third-order valence-electron chi connectivity index (χ3n) is 6.45. The molecule has 5 rings (SSSR count). The molecule has 0 atom stereocenters. The summed E-state index contributed by atoms with van der Waals surface area (Å²) in [6, 6.07) is 14.3. The van der Waals surface area contributed by atoms with Crippen LogP contribution < -0.4 is 15.4 Å². The van der Waals surface area contributed by atoms with Gasteiger partial charge < -0.3 is 15.4 Å². The van der Waals surface area contributed by atoms with Crippen molar-refractivity contribution in [3.05, 3.63) is 88.8 Å². The number of halogens is 3. The van der Waals surface area contributed by atoms with Gasteiger partial charge in [-0.25, -0.2) is 4.98 Å². The van der Waals surface area contributed by atoms with E-state index in [0.29, 0.717) is 34.0 Å². The number of carbonyl (C=O) groups is 2. The molecule has 212 valence electrons. The Morgan fingerprint density at radius 1 is 0.927 bits per heavy atom. The molecule has 1 fully saturated rings. The molecule has 2 amide bonds. The van der Waals surface area contributed by atoms with Gasteiger partial charge >= 0.3 is 6.36 Å². The molecule has 1 saturated carbocycles. The lowest BCUT2D eigenvalue weighted by atomic mass is 9.72. The Hall–Kier alpha value is -4.39. The molecule has 0 radical (unpaired) electrons. The highest BCUT2D eigenvalue weighted by Gasteiger charge is 2.33. The number of rotatable bonds is 10. The number of pyridine rings is 2. The Morgan fingerprint density at radius 3 is 2.49 bits per heavy atom. The van der Waals surface area contributed by atoms with Gasteiger partial charge in [0.15, 0.2) is 0 Å². The van der Waals surface area contributed by atoms with Gasteiger partial charge in [-0.3, -0.25) is 14.6 Å². The number of amides is 2. The van der Waals surface area contributed by atoms with E-state index in [1.165, 1.54) is 29.5 Å². The molecule has 0 aliphatic heterocycles.